The molecule has 0 amide bonds. The molecule has 0 bridgehead atoms. The van der Waals surface area contributed by atoms with Crippen molar-refractivity contribution < 1.29 is 9.47 Å². The second-order valence-corrected chi connectivity index (χ2v) is 5.76. The van der Waals surface area contributed by atoms with E-state index in [1.807, 2.05) is 55.5 Å². The summed E-state index contributed by atoms with van der Waals surface area (Å²) in [7, 11) is 0. The summed E-state index contributed by atoms with van der Waals surface area (Å²) < 4.78 is 11.1. The molecule has 0 aromatic heterocycles. The summed E-state index contributed by atoms with van der Waals surface area (Å²) in [4.78, 5) is 0. The highest BCUT2D eigenvalue weighted by molar-refractivity contribution is 5.44. The number of rotatable bonds is 13. The Morgan fingerprint density at radius 1 is 0.741 bits per heavy atom. The van der Waals surface area contributed by atoms with Crippen molar-refractivity contribution in [3.05, 3.63) is 48.5 Å². The molecule has 7 heteroatoms. The lowest BCUT2D eigenvalue weighted by atomic mass is 10.3. The Morgan fingerprint density at radius 2 is 1.26 bits per heavy atom. The van der Waals surface area contributed by atoms with E-state index in [9.17, 15) is 0 Å². The first-order valence-corrected chi connectivity index (χ1v) is 9.31. The third kappa shape index (κ3) is 8.63. The lowest BCUT2D eigenvalue weighted by Gasteiger charge is -2.08. The Bertz CT molecular complexity index is 659. The Kier molecular flexibility index (Phi) is 9.88. The van der Waals surface area contributed by atoms with Crippen LogP contribution in [0.3, 0.4) is 0 Å². The first-order valence-electron chi connectivity index (χ1n) is 9.31. The van der Waals surface area contributed by atoms with Crippen LogP contribution < -0.4 is 25.8 Å². The van der Waals surface area contributed by atoms with Crippen molar-refractivity contribution in [1.29, 1.82) is 0 Å². The van der Waals surface area contributed by atoms with E-state index >= 15 is 0 Å². The molecule has 0 aliphatic rings. The van der Waals surface area contributed by atoms with Crippen molar-refractivity contribution in [2.45, 2.75) is 6.92 Å². The fourth-order valence-corrected chi connectivity index (χ4v) is 2.27. The van der Waals surface area contributed by atoms with E-state index in [1.165, 1.54) is 0 Å². The van der Waals surface area contributed by atoms with E-state index in [2.05, 4.69) is 20.9 Å². The monoisotopic (exact) mass is 371 g/mol. The highest BCUT2D eigenvalue weighted by atomic mass is 16.5. The zero-order valence-corrected chi connectivity index (χ0v) is 15.9. The van der Waals surface area contributed by atoms with Crippen LogP contribution in [-0.2, 0) is 0 Å². The number of nitrogens with two attached hydrogens (primary N) is 1. The number of hydrogen-bond acceptors (Lipinski definition) is 7. The predicted molar refractivity (Wildman–Crippen MR) is 109 cm³/mol. The smallest absolute Gasteiger partial charge is 0.119 e. The Hall–Kier alpha value is -2.48. The summed E-state index contributed by atoms with van der Waals surface area (Å²) in [5.41, 5.74) is 6.97. The van der Waals surface area contributed by atoms with Gasteiger partial charge in [0.05, 0.1) is 18.0 Å². The highest BCUT2D eigenvalue weighted by Crippen LogP contribution is 2.23. The fourth-order valence-electron chi connectivity index (χ4n) is 2.27. The molecule has 0 spiro atoms. The van der Waals surface area contributed by atoms with Crippen molar-refractivity contribution in [3.8, 4) is 11.5 Å². The average Bonchev–Trinajstić information content (AvgIpc) is 2.70. The van der Waals surface area contributed by atoms with Crippen LogP contribution in [-0.4, -0.2) is 45.9 Å². The van der Waals surface area contributed by atoms with Gasteiger partial charge in [0.25, 0.3) is 0 Å². The van der Waals surface area contributed by atoms with Gasteiger partial charge < -0.3 is 25.8 Å². The van der Waals surface area contributed by atoms with Crippen LogP contribution in [0.5, 0.6) is 11.5 Å². The minimum absolute atomic E-state index is 0.615. The number of hydrogen-bond donors (Lipinski definition) is 3. The standard InChI is InChI=1S/C20H29N5O2/c1-2-26-19-7-3-17(4-8-19)24-25-18-5-9-20(10-6-18)27-16-15-23-14-13-22-12-11-21/h3-10,22-23H,2,11-16,21H2,1H3. The second kappa shape index (κ2) is 12.8. The van der Waals surface area contributed by atoms with Crippen LogP contribution in [0.25, 0.3) is 0 Å². The average molecular weight is 371 g/mol. The van der Waals surface area contributed by atoms with Crippen LogP contribution in [0, 0.1) is 0 Å². The van der Waals surface area contributed by atoms with Gasteiger partial charge in [-0.05, 0) is 55.5 Å². The minimum Gasteiger partial charge on any atom is -0.494 e. The zero-order chi connectivity index (χ0) is 19.2. The molecule has 146 valence electrons. The van der Waals surface area contributed by atoms with Gasteiger partial charge in [0, 0.05) is 32.7 Å². The summed E-state index contributed by atoms with van der Waals surface area (Å²) >= 11 is 0. The number of nitrogens with zero attached hydrogens (tertiary/aromatic N) is 2. The molecule has 0 fully saturated rings. The molecule has 0 saturated heterocycles. The Balaban J connectivity index is 1.68. The van der Waals surface area contributed by atoms with Gasteiger partial charge in [-0.1, -0.05) is 0 Å². The first-order chi connectivity index (χ1) is 13.3. The summed E-state index contributed by atoms with van der Waals surface area (Å²) in [5.74, 6) is 1.65. The molecule has 27 heavy (non-hydrogen) atoms. The van der Waals surface area contributed by atoms with Gasteiger partial charge in [-0.15, -0.1) is 0 Å². The normalized spacial score (nSPS) is 11.0. The molecule has 7 nitrogen and oxygen atoms in total. The molecule has 0 heterocycles. The Labute approximate surface area is 161 Å². The molecular formula is C20H29N5O2. The maximum Gasteiger partial charge on any atom is 0.119 e. The zero-order valence-electron chi connectivity index (χ0n) is 15.9. The fraction of sp³-hybridized carbons (Fsp3) is 0.400. The van der Waals surface area contributed by atoms with Gasteiger partial charge in [-0.3, -0.25) is 0 Å². The molecule has 0 unspecified atom stereocenters. The molecule has 2 aromatic rings. The lowest BCUT2D eigenvalue weighted by molar-refractivity contribution is 0.314. The van der Waals surface area contributed by atoms with Crippen molar-refractivity contribution in [3.63, 3.8) is 0 Å². The summed E-state index contributed by atoms with van der Waals surface area (Å²) in [6, 6.07) is 15.1. The van der Waals surface area contributed by atoms with Gasteiger partial charge >= 0.3 is 0 Å². The largest absolute Gasteiger partial charge is 0.494 e. The summed E-state index contributed by atoms with van der Waals surface area (Å²) in [6.45, 7) is 7.34. The van der Waals surface area contributed by atoms with Gasteiger partial charge in [0.2, 0.25) is 0 Å². The maximum atomic E-state index is 5.70. The molecule has 4 N–H and O–H groups in total. The van der Waals surface area contributed by atoms with Crippen LogP contribution >= 0.6 is 0 Å². The van der Waals surface area contributed by atoms with Crippen molar-refractivity contribution in [2.24, 2.45) is 16.0 Å². The highest BCUT2D eigenvalue weighted by Gasteiger charge is 1.96. The van der Waals surface area contributed by atoms with Crippen molar-refractivity contribution in [1.82, 2.24) is 10.6 Å². The quantitative estimate of drug-likeness (QED) is 0.372. The number of azo groups is 1. The molecular weight excluding hydrogens is 342 g/mol. The third-order valence-corrected chi connectivity index (χ3v) is 3.61. The second-order valence-electron chi connectivity index (χ2n) is 5.76. The van der Waals surface area contributed by atoms with Crippen LogP contribution in [0.15, 0.2) is 58.8 Å². The molecule has 0 atom stereocenters. The lowest BCUT2D eigenvalue weighted by Crippen LogP contribution is -2.32. The van der Waals surface area contributed by atoms with Crippen molar-refractivity contribution >= 4 is 11.4 Å². The summed E-state index contributed by atoms with van der Waals surface area (Å²) in [5, 5.41) is 15.0. The van der Waals surface area contributed by atoms with E-state index in [-0.39, 0.29) is 0 Å². The molecule has 0 aliphatic heterocycles. The van der Waals surface area contributed by atoms with E-state index in [0.717, 1.165) is 49.1 Å². The van der Waals surface area contributed by atoms with E-state index < -0.39 is 0 Å². The Morgan fingerprint density at radius 3 is 1.78 bits per heavy atom. The maximum absolute atomic E-state index is 5.70. The molecule has 2 aromatic carbocycles. The van der Waals surface area contributed by atoms with Gasteiger partial charge in [0.15, 0.2) is 0 Å². The number of benzene rings is 2. The van der Waals surface area contributed by atoms with E-state index in [0.29, 0.717) is 19.8 Å². The first kappa shape index (κ1) is 20.8. The van der Waals surface area contributed by atoms with Crippen LogP contribution in [0.1, 0.15) is 6.92 Å². The van der Waals surface area contributed by atoms with E-state index in [1.54, 1.807) is 0 Å². The van der Waals surface area contributed by atoms with Crippen molar-refractivity contribution in [2.75, 3.05) is 45.9 Å². The predicted octanol–water partition coefficient (Wildman–Crippen LogP) is 3.02. The third-order valence-electron chi connectivity index (χ3n) is 3.61. The van der Waals surface area contributed by atoms with Crippen LogP contribution in [0.2, 0.25) is 0 Å². The molecule has 0 saturated carbocycles. The SMILES string of the molecule is CCOc1ccc(N=Nc2ccc(OCCNCCNCCN)cc2)cc1. The number of nitrogens with one attached hydrogen (secondary N) is 2. The molecule has 0 aliphatic carbocycles. The van der Waals surface area contributed by atoms with Gasteiger partial charge in [-0.2, -0.15) is 10.2 Å². The minimum atomic E-state index is 0.615. The topological polar surface area (TPSA) is 93.3 Å². The van der Waals surface area contributed by atoms with Gasteiger partial charge in [-0.25, -0.2) is 0 Å². The number of ether oxygens (including phenoxy) is 2. The van der Waals surface area contributed by atoms with Crippen LogP contribution in [0.4, 0.5) is 11.4 Å². The van der Waals surface area contributed by atoms with E-state index in [4.69, 9.17) is 15.2 Å². The van der Waals surface area contributed by atoms with Gasteiger partial charge in [0.1, 0.15) is 18.1 Å². The molecule has 0 radical (unpaired) electrons. The summed E-state index contributed by atoms with van der Waals surface area (Å²) in [6.07, 6.45) is 0. The molecule has 2 rings (SSSR count).